The van der Waals surface area contributed by atoms with Gasteiger partial charge in [0.1, 0.15) is 5.75 Å². The largest absolute Gasteiger partial charge is 0.471 e. The maximum atomic E-state index is 12.3. The minimum absolute atomic E-state index is 0.103. The molecule has 2 saturated carbocycles. The number of fused-ring (bicyclic) bond motifs is 2. The summed E-state index contributed by atoms with van der Waals surface area (Å²) in [5, 5.41) is 7.21. The minimum atomic E-state index is 0.103. The quantitative estimate of drug-likeness (QED) is 0.774. The number of nitrogens with zero attached hydrogens (tertiary/aromatic N) is 2. The second kappa shape index (κ2) is 7.20. The van der Waals surface area contributed by atoms with Gasteiger partial charge in [0.15, 0.2) is 6.73 Å². The van der Waals surface area contributed by atoms with E-state index in [1.165, 1.54) is 25.7 Å². The molecule has 1 N–H and O–H groups in total. The third-order valence-corrected chi connectivity index (χ3v) is 5.95. The van der Waals surface area contributed by atoms with Gasteiger partial charge in [0.2, 0.25) is 5.91 Å². The molecule has 3 unspecified atom stereocenters. The van der Waals surface area contributed by atoms with E-state index >= 15 is 0 Å². The fraction of sp³-hybridized carbons (Fsp3) is 0.474. The number of aromatic nitrogens is 2. The van der Waals surface area contributed by atoms with E-state index in [0.29, 0.717) is 19.1 Å². The van der Waals surface area contributed by atoms with Crippen LogP contribution in [-0.2, 0) is 11.5 Å². The summed E-state index contributed by atoms with van der Waals surface area (Å²) in [5.74, 6) is 3.11. The van der Waals surface area contributed by atoms with Gasteiger partial charge in [-0.2, -0.15) is 5.10 Å². The summed E-state index contributed by atoms with van der Waals surface area (Å²) in [6, 6.07) is 7.65. The lowest BCUT2D eigenvalue weighted by atomic mass is 9.86. The number of halogens is 1. The van der Waals surface area contributed by atoms with E-state index < -0.39 is 0 Å². The molecule has 1 aromatic heterocycles. The number of anilines is 1. The van der Waals surface area contributed by atoms with Crippen LogP contribution in [0.15, 0.2) is 41.1 Å². The fourth-order valence-electron chi connectivity index (χ4n) is 4.25. The van der Waals surface area contributed by atoms with E-state index in [-0.39, 0.29) is 5.91 Å². The highest BCUT2D eigenvalue weighted by Gasteiger charge is 2.40. The molecule has 2 aliphatic carbocycles. The Labute approximate surface area is 155 Å². The first-order chi connectivity index (χ1) is 12.2. The fourth-order valence-corrected chi connectivity index (χ4v) is 4.51. The van der Waals surface area contributed by atoms with Crippen LogP contribution in [0.1, 0.15) is 32.1 Å². The molecule has 6 heteroatoms. The number of amides is 1. The Bertz CT molecular complexity index is 743. The van der Waals surface area contributed by atoms with Gasteiger partial charge in [-0.15, -0.1) is 0 Å². The third-order valence-electron chi connectivity index (χ3n) is 5.43. The van der Waals surface area contributed by atoms with Crippen molar-refractivity contribution in [2.24, 2.45) is 17.8 Å². The predicted molar refractivity (Wildman–Crippen MR) is 99.2 cm³/mol. The van der Waals surface area contributed by atoms with Crippen molar-refractivity contribution in [2.45, 2.75) is 38.8 Å². The number of benzene rings is 1. The average molecular weight is 404 g/mol. The monoisotopic (exact) mass is 403 g/mol. The summed E-state index contributed by atoms with van der Waals surface area (Å²) in [6.45, 7) is 0.309. The Morgan fingerprint density at radius 2 is 2.12 bits per heavy atom. The zero-order valence-electron chi connectivity index (χ0n) is 14.0. The molecule has 0 spiro atoms. The van der Waals surface area contributed by atoms with E-state index in [0.717, 1.165) is 27.7 Å². The van der Waals surface area contributed by atoms with Crippen molar-refractivity contribution in [3.05, 3.63) is 41.1 Å². The summed E-state index contributed by atoms with van der Waals surface area (Å²) < 4.78 is 8.36. The average Bonchev–Trinajstić information content (AvgIpc) is 3.31. The Kier molecular flexibility index (Phi) is 4.79. The topological polar surface area (TPSA) is 56.2 Å². The van der Waals surface area contributed by atoms with Gasteiger partial charge in [-0.25, -0.2) is 4.68 Å². The molecular formula is C19H22BrN3O2. The molecule has 3 atom stereocenters. The van der Waals surface area contributed by atoms with E-state index in [2.05, 4.69) is 26.3 Å². The lowest BCUT2D eigenvalue weighted by Crippen LogP contribution is -2.20. The number of rotatable bonds is 6. The molecule has 0 radical (unpaired) electrons. The normalized spacial score (nSPS) is 24.4. The zero-order valence-corrected chi connectivity index (χ0v) is 15.6. The first-order valence-corrected chi connectivity index (χ1v) is 9.65. The molecule has 1 aromatic carbocycles. The number of ether oxygens (including phenoxy) is 1. The van der Waals surface area contributed by atoms with Crippen molar-refractivity contribution in [3.8, 4) is 5.75 Å². The van der Waals surface area contributed by atoms with Crippen LogP contribution in [0, 0.1) is 17.8 Å². The maximum Gasteiger partial charge on any atom is 0.224 e. The Hall–Kier alpha value is -1.82. The molecule has 0 aliphatic heterocycles. The van der Waals surface area contributed by atoms with Crippen molar-refractivity contribution < 1.29 is 9.53 Å². The predicted octanol–water partition coefficient (Wildman–Crippen LogP) is 4.45. The van der Waals surface area contributed by atoms with Gasteiger partial charge < -0.3 is 10.1 Å². The van der Waals surface area contributed by atoms with E-state index in [1.807, 2.05) is 24.3 Å². The standard InChI is InChI=1S/C19H22BrN3O2/c20-16-3-5-18(6-4-16)25-12-23-11-17(10-21-23)22-19(24)9-15-8-13-1-2-14(15)7-13/h3-6,10-11,13-15H,1-2,7-9,12H2,(H,22,24). The molecule has 1 amide bonds. The minimum Gasteiger partial charge on any atom is -0.471 e. The van der Waals surface area contributed by atoms with Gasteiger partial charge in [0.25, 0.3) is 0 Å². The van der Waals surface area contributed by atoms with Gasteiger partial charge in [-0.05, 0) is 61.3 Å². The maximum absolute atomic E-state index is 12.3. The lowest BCUT2D eigenvalue weighted by Gasteiger charge is -2.20. The van der Waals surface area contributed by atoms with Crippen LogP contribution in [0.3, 0.4) is 0 Å². The third kappa shape index (κ3) is 4.06. The van der Waals surface area contributed by atoms with Crippen molar-refractivity contribution in [1.29, 1.82) is 0 Å². The number of hydrogen-bond donors (Lipinski definition) is 1. The van der Waals surface area contributed by atoms with Gasteiger partial charge in [0.05, 0.1) is 18.1 Å². The first kappa shape index (κ1) is 16.6. The highest BCUT2D eigenvalue weighted by Crippen LogP contribution is 2.49. The molecule has 1 heterocycles. The summed E-state index contributed by atoms with van der Waals surface area (Å²) in [7, 11) is 0. The number of hydrogen-bond acceptors (Lipinski definition) is 3. The molecule has 25 heavy (non-hydrogen) atoms. The van der Waals surface area contributed by atoms with E-state index in [1.54, 1.807) is 17.1 Å². The summed E-state index contributed by atoms with van der Waals surface area (Å²) in [5.41, 5.74) is 0.729. The van der Waals surface area contributed by atoms with Crippen molar-refractivity contribution in [3.63, 3.8) is 0 Å². The number of carbonyl (C=O) groups excluding carboxylic acids is 1. The molecule has 0 saturated heterocycles. The van der Waals surface area contributed by atoms with Crippen LogP contribution >= 0.6 is 15.9 Å². The summed E-state index contributed by atoms with van der Waals surface area (Å²) in [4.78, 5) is 12.3. The van der Waals surface area contributed by atoms with Crippen molar-refractivity contribution in [1.82, 2.24) is 9.78 Å². The van der Waals surface area contributed by atoms with Gasteiger partial charge >= 0.3 is 0 Å². The Morgan fingerprint density at radius 1 is 1.28 bits per heavy atom. The summed E-state index contributed by atoms with van der Waals surface area (Å²) >= 11 is 3.40. The van der Waals surface area contributed by atoms with Gasteiger partial charge in [-0.1, -0.05) is 22.4 Å². The van der Waals surface area contributed by atoms with Gasteiger partial charge in [-0.3, -0.25) is 4.79 Å². The highest BCUT2D eigenvalue weighted by molar-refractivity contribution is 9.10. The Balaban J connectivity index is 1.26. The van der Waals surface area contributed by atoms with Crippen LogP contribution in [0.2, 0.25) is 0 Å². The molecular weight excluding hydrogens is 382 g/mol. The van der Waals surface area contributed by atoms with Gasteiger partial charge in [0, 0.05) is 10.9 Å². The molecule has 5 nitrogen and oxygen atoms in total. The Morgan fingerprint density at radius 3 is 2.84 bits per heavy atom. The van der Waals surface area contributed by atoms with Crippen LogP contribution in [0.5, 0.6) is 5.75 Å². The molecule has 2 aliphatic rings. The molecule has 132 valence electrons. The molecule has 4 rings (SSSR count). The van der Waals surface area contributed by atoms with Crippen LogP contribution in [0.4, 0.5) is 5.69 Å². The second-order valence-corrected chi connectivity index (χ2v) is 8.10. The van der Waals surface area contributed by atoms with Crippen LogP contribution < -0.4 is 10.1 Å². The van der Waals surface area contributed by atoms with E-state index in [4.69, 9.17) is 4.74 Å². The number of carbonyl (C=O) groups is 1. The molecule has 2 bridgehead atoms. The number of nitrogens with one attached hydrogen (secondary N) is 1. The van der Waals surface area contributed by atoms with Crippen molar-refractivity contribution >= 4 is 27.5 Å². The zero-order chi connectivity index (χ0) is 17.2. The van der Waals surface area contributed by atoms with Crippen LogP contribution in [0.25, 0.3) is 0 Å². The lowest BCUT2D eigenvalue weighted by molar-refractivity contribution is -0.117. The molecule has 2 fully saturated rings. The van der Waals surface area contributed by atoms with E-state index in [9.17, 15) is 4.79 Å². The summed E-state index contributed by atoms with van der Waals surface area (Å²) in [6.07, 6.45) is 9.37. The SMILES string of the molecule is O=C(CC1CC2CCC1C2)Nc1cnn(COc2ccc(Br)cc2)c1. The van der Waals surface area contributed by atoms with Crippen LogP contribution in [-0.4, -0.2) is 15.7 Å². The van der Waals surface area contributed by atoms with Crippen molar-refractivity contribution in [2.75, 3.05) is 5.32 Å². The highest BCUT2D eigenvalue weighted by atomic mass is 79.9. The first-order valence-electron chi connectivity index (χ1n) is 8.86. The molecule has 2 aromatic rings. The smallest absolute Gasteiger partial charge is 0.224 e. The second-order valence-electron chi connectivity index (χ2n) is 7.18.